The lowest BCUT2D eigenvalue weighted by Crippen LogP contribution is -2.76. The number of nitrogens with zero attached hydrogens (tertiary/aromatic N) is 2. The minimum absolute atomic E-state index is 0.00163. The van der Waals surface area contributed by atoms with Crippen LogP contribution in [0.25, 0.3) is 0 Å². The second-order valence-electron chi connectivity index (χ2n) is 7.83. The molecule has 0 unspecified atom stereocenters. The van der Waals surface area contributed by atoms with Gasteiger partial charge in [0.1, 0.15) is 11.7 Å². The number of likely N-dealkylation sites (tertiary alicyclic amines) is 1. The Morgan fingerprint density at radius 1 is 1.12 bits per heavy atom. The quantitative estimate of drug-likeness (QED) is 0.727. The van der Waals surface area contributed by atoms with E-state index in [1.54, 1.807) is 9.80 Å². The highest BCUT2D eigenvalue weighted by Crippen LogP contribution is 2.35. The third-order valence-corrected chi connectivity index (χ3v) is 4.64. The zero-order valence-corrected chi connectivity index (χ0v) is 14.9. The van der Waals surface area contributed by atoms with Crippen molar-refractivity contribution in [1.82, 2.24) is 9.80 Å². The highest BCUT2D eigenvalue weighted by atomic mass is 16.6. The fourth-order valence-electron chi connectivity index (χ4n) is 3.45. The van der Waals surface area contributed by atoms with Gasteiger partial charge < -0.3 is 19.1 Å². The van der Waals surface area contributed by atoms with E-state index in [0.29, 0.717) is 32.8 Å². The molecular formula is C17H28N2O5. The fourth-order valence-corrected chi connectivity index (χ4v) is 3.45. The highest BCUT2D eigenvalue weighted by Gasteiger charge is 2.55. The standard InChI is InChI=1S/C17H28N2O5/c1-16(2,3)24-15(21)18-11-17(12-18)19(8-6-10-23-17)14(20)13-7-4-5-9-22-13/h13H,4-12H2,1-3H3/t13-/m0/s1. The van der Waals surface area contributed by atoms with Crippen molar-refractivity contribution in [3.05, 3.63) is 0 Å². The van der Waals surface area contributed by atoms with Gasteiger partial charge in [-0.3, -0.25) is 9.69 Å². The van der Waals surface area contributed by atoms with Crippen LogP contribution in [-0.2, 0) is 19.0 Å². The van der Waals surface area contributed by atoms with Crippen molar-refractivity contribution >= 4 is 12.0 Å². The van der Waals surface area contributed by atoms with E-state index in [4.69, 9.17) is 14.2 Å². The van der Waals surface area contributed by atoms with Crippen LogP contribution in [0.4, 0.5) is 4.79 Å². The van der Waals surface area contributed by atoms with E-state index in [9.17, 15) is 9.59 Å². The van der Waals surface area contributed by atoms with E-state index in [0.717, 1.165) is 25.7 Å². The maximum absolute atomic E-state index is 12.9. The summed E-state index contributed by atoms with van der Waals surface area (Å²) in [7, 11) is 0. The Hall–Kier alpha value is -1.34. The lowest BCUT2D eigenvalue weighted by atomic mass is 9.97. The van der Waals surface area contributed by atoms with E-state index in [1.807, 2.05) is 20.8 Å². The second kappa shape index (κ2) is 6.52. The molecule has 7 nitrogen and oxygen atoms in total. The van der Waals surface area contributed by atoms with Gasteiger partial charge in [-0.2, -0.15) is 0 Å². The lowest BCUT2D eigenvalue weighted by molar-refractivity contribution is -0.247. The van der Waals surface area contributed by atoms with Crippen molar-refractivity contribution < 1.29 is 23.8 Å². The van der Waals surface area contributed by atoms with Gasteiger partial charge in [0, 0.05) is 13.2 Å². The molecule has 1 atom stereocenters. The first-order valence-electron chi connectivity index (χ1n) is 8.86. The Morgan fingerprint density at radius 2 is 1.88 bits per heavy atom. The van der Waals surface area contributed by atoms with E-state index in [2.05, 4.69) is 0 Å². The fraction of sp³-hybridized carbons (Fsp3) is 0.882. The maximum atomic E-state index is 12.9. The second-order valence-corrected chi connectivity index (χ2v) is 7.83. The third kappa shape index (κ3) is 3.52. The monoisotopic (exact) mass is 340 g/mol. The summed E-state index contributed by atoms with van der Waals surface area (Å²) < 4.78 is 17.0. The molecule has 0 aromatic rings. The van der Waals surface area contributed by atoms with Crippen LogP contribution in [0.2, 0.25) is 0 Å². The Bertz CT molecular complexity index is 490. The van der Waals surface area contributed by atoms with Crippen LogP contribution in [0.15, 0.2) is 0 Å². The first kappa shape index (κ1) is 17.5. The summed E-state index contributed by atoms with van der Waals surface area (Å²) in [6, 6.07) is 0. The first-order valence-corrected chi connectivity index (χ1v) is 8.86. The van der Waals surface area contributed by atoms with Gasteiger partial charge in [0.25, 0.3) is 5.91 Å². The highest BCUT2D eigenvalue weighted by molar-refractivity contribution is 5.82. The zero-order chi connectivity index (χ0) is 17.4. The predicted octanol–water partition coefficient (Wildman–Crippen LogP) is 1.75. The molecule has 7 heteroatoms. The number of amides is 2. The van der Waals surface area contributed by atoms with Gasteiger partial charge >= 0.3 is 6.09 Å². The minimum atomic E-state index is -0.701. The van der Waals surface area contributed by atoms with Crippen molar-refractivity contribution in [1.29, 1.82) is 0 Å². The summed E-state index contributed by atoms with van der Waals surface area (Å²) in [5, 5.41) is 0. The van der Waals surface area contributed by atoms with Gasteiger partial charge in [0.2, 0.25) is 0 Å². The molecule has 2 amide bonds. The van der Waals surface area contributed by atoms with Crippen LogP contribution in [0, 0.1) is 0 Å². The average Bonchev–Trinajstić information content (AvgIpc) is 2.51. The number of ether oxygens (including phenoxy) is 3. The Balaban J connectivity index is 1.63. The molecule has 3 heterocycles. The molecule has 3 rings (SSSR count). The van der Waals surface area contributed by atoms with Crippen molar-refractivity contribution in [2.75, 3.05) is 32.8 Å². The van der Waals surface area contributed by atoms with E-state index in [1.165, 1.54) is 0 Å². The molecule has 3 fully saturated rings. The molecule has 1 spiro atoms. The summed E-state index contributed by atoms with van der Waals surface area (Å²) in [6.07, 6.45) is 2.88. The summed E-state index contributed by atoms with van der Waals surface area (Å²) in [6.45, 7) is 8.15. The Morgan fingerprint density at radius 3 is 2.50 bits per heavy atom. The number of hydrogen-bond acceptors (Lipinski definition) is 5. The first-order chi connectivity index (χ1) is 11.3. The lowest BCUT2D eigenvalue weighted by Gasteiger charge is -2.56. The van der Waals surface area contributed by atoms with Crippen LogP contribution in [0.3, 0.4) is 0 Å². The van der Waals surface area contributed by atoms with Crippen LogP contribution < -0.4 is 0 Å². The smallest absolute Gasteiger partial charge is 0.410 e. The van der Waals surface area contributed by atoms with Crippen molar-refractivity contribution in [2.24, 2.45) is 0 Å². The van der Waals surface area contributed by atoms with Gasteiger partial charge in [-0.25, -0.2) is 4.79 Å². The summed E-state index contributed by atoms with van der Waals surface area (Å²) in [5.74, 6) is -0.00163. The Kier molecular flexibility index (Phi) is 4.75. The van der Waals surface area contributed by atoms with Crippen LogP contribution >= 0.6 is 0 Å². The molecule has 0 N–H and O–H groups in total. The molecule has 0 radical (unpaired) electrons. The third-order valence-electron chi connectivity index (χ3n) is 4.64. The summed E-state index contributed by atoms with van der Waals surface area (Å²) in [5.41, 5.74) is -1.23. The van der Waals surface area contributed by atoms with Crippen LogP contribution in [-0.4, -0.2) is 72.1 Å². The number of carbonyl (C=O) groups is 2. The molecule has 3 saturated heterocycles. The van der Waals surface area contributed by atoms with Crippen molar-refractivity contribution in [3.63, 3.8) is 0 Å². The SMILES string of the molecule is CC(C)(C)OC(=O)N1CC2(C1)OCCCN2C(=O)[C@@H]1CCCCO1. The van der Waals surface area contributed by atoms with Gasteiger partial charge in [-0.15, -0.1) is 0 Å². The van der Waals surface area contributed by atoms with E-state index >= 15 is 0 Å². The van der Waals surface area contributed by atoms with Crippen molar-refractivity contribution in [2.45, 2.75) is 63.9 Å². The average molecular weight is 340 g/mol. The predicted molar refractivity (Wildman–Crippen MR) is 86.4 cm³/mol. The van der Waals surface area contributed by atoms with Gasteiger partial charge in [-0.1, -0.05) is 0 Å². The van der Waals surface area contributed by atoms with Gasteiger partial charge in [0.05, 0.1) is 19.7 Å². The minimum Gasteiger partial charge on any atom is -0.444 e. The molecule has 3 aliphatic heterocycles. The largest absolute Gasteiger partial charge is 0.444 e. The maximum Gasteiger partial charge on any atom is 0.410 e. The number of hydrogen-bond donors (Lipinski definition) is 0. The molecule has 136 valence electrons. The molecule has 0 aromatic heterocycles. The van der Waals surface area contributed by atoms with Gasteiger partial charge in [0.15, 0.2) is 5.72 Å². The zero-order valence-electron chi connectivity index (χ0n) is 14.9. The summed E-state index contributed by atoms with van der Waals surface area (Å²) >= 11 is 0. The topological polar surface area (TPSA) is 68.3 Å². The van der Waals surface area contributed by atoms with E-state index < -0.39 is 11.3 Å². The molecule has 0 bridgehead atoms. The molecule has 24 heavy (non-hydrogen) atoms. The van der Waals surface area contributed by atoms with Gasteiger partial charge in [-0.05, 0) is 46.5 Å². The van der Waals surface area contributed by atoms with E-state index in [-0.39, 0.29) is 18.1 Å². The van der Waals surface area contributed by atoms with Crippen LogP contribution in [0.1, 0.15) is 46.5 Å². The molecule has 0 aliphatic carbocycles. The molecule has 0 aromatic carbocycles. The normalized spacial score (nSPS) is 26.9. The molecule has 3 aliphatic rings. The number of rotatable bonds is 1. The molecule has 0 saturated carbocycles. The Labute approximate surface area is 143 Å². The number of carbonyl (C=O) groups excluding carboxylic acids is 2. The summed E-state index contributed by atoms with van der Waals surface area (Å²) in [4.78, 5) is 28.4. The van der Waals surface area contributed by atoms with Crippen molar-refractivity contribution in [3.8, 4) is 0 Å². The van der Waals surface area contributed by atoms with Crippen LogP contribution in [0.5, 0.6) is 0 Å². The molecular weight excluding hydrogens is 312 g/mol.